The lowest BCUT2D eigenvalue weighted by Gasteiger charge is -2.22. The summed E-state index contributed by atoms with van der Waals surface area (Å²) in [5.74, 6) is 0.672. The van der Waals surface area contributed by atoms with E-state index in [-0.39, 0.29) is 10.8 Å². The first-order valence-corrected chi connectivity index (χ1v) is 32.4. The molecule has 0 amide bonds. The summed E-state index contributed by atoms with van der Waals surface area (Å²) in [4.78, 5) is 10.6. The van der Waals surface area contributed by atoms with Gasteiger partial charge in [0, 0.05) is 76.9 Å². The SMILES string of the molecule is CC1(C)c2ccccc2-c2ccc(-n3c4ccccc4c4ccc(-c5ccc6c(c5)c5cc(-c7ccc8c9ccccc9n(-c9ccc%10c(c9)C(C)(C)c9ccccc9-%10)c8c7)ccc5n6-c5cccc(-c6nc(-c7ccccc7)cc(-c7ccccc7)n6)c5)cc43)cc21. The summed E-state index contributed by atoms with van der Waals surface area (Å²) in [6.07, 6.45) is 0. The molecular weight excluding hydrogens is 1130 g/mol. The molecule has 438 valence electrons. The van der Waals surface area contributed by atoms with Crippen molar-refractivity contribution in [3.63, 3.8) is 0 Å². The highest BCUT2D eigenvalue weighted by Gasteiger charge is 2.37. The Morgan fingerprint density at radius 3 is 1.11 bits per heavy atom. The fourth-order valence-corrected chi connectivity index (χ4v) is 16.1. The summed E-state index contributed by atoms with van der Waals surface area (Å²) in [6.45, 7) is 9.47. The summed E-state index contributed by atoms with van der Waals surface area (Å²) >= 11 is 0. The molecule has 5 nitrogen and oxygen atoms in total. The van der Waals surface area contributed by atoms with Crippen LogP contribution >= 0.6 is 0 Å². The van der Waals surface area contributed by atoms with Crippen molar-refractivity contribution in [1.29, 1.82) is 0 Å². The number of para-hydroxylation sites is 2. The van der Waals surface area contributed by atoms with Gasteiger partial charge < -0.3 is 13.7 Å². The third-order valence-electron chi connectivity index (χ3n) is 20.7. The van der Waals surface area contributed by atoms with Crippen LogP contribution in [0.5, 0.6) is 0 Å². The van der Waals surface area contributed by atoms with E-state index in [4.69, 9.17) is 9.97 Å². The second-order valence-electron chi connectivity index (χ2n) is 26.5. The molecule has 19 rings (SSSR count). The van der Waals surface area contributed by atoms with E-state index < -0.39 is 0 Å². The highest BCUT2D eigenvalue weighted by Crippen LogP contribution is 2.52. The molecule has 17 aromatic rings. The van der Waals surface area contributed by atoms with Crippen molar-refractivity contribution in [1.82, 2.24) is 23.7 Å². The van der Waals surface area contributed by atoms with Gasteiger partial charge in [0.25, 0.3) is 0 Å². The van der Waals surface area contributed by atoms with Gasteiger partial charge in [0.2, 0.25) is 0 Å². The van der Waals surface area contributed by atoms with E-state index in [1.54, 1.807) is 0 Å². The van der Waals surface area contributed by atoms with Gasteiger partial charge in [0.05, 0.1) is 44.5 Å². The Kier molecular flexibility index (Phi) is 11.4. The Morgan fingerprint density at radius 1 is 0.226 bits per heavy atom. The van der Waals surface area contributed by atoms with Crippen LogP contribution in [-0.2, 0) is 10.8 Å². The maximum absolute atomic E-state index is 5.29. The number of rotatable bonds is 8. The van der Waals surface area contributed by atoms with Crippen molar-refractivity contribution in [3.8, 4) is 95.5 Å². The van der Waals surface area contributed by atoms with Crippen molar-refractivity contribution < 1.29 is 0 Å². The molecule has 0 aliphatic heterocycles. The van der Waals surface area contributed by atoms with Crippen LogP contribution in [0.15, 0.2) is 297 Å². The van der Waals surface area contributed by atoms with Gasteiger partial charge in [-0.2, -0.15) is 0 Å². The largest absolute Gasteiger partial charge is 0.309 e. The Balaban J connectivity index is 0.795. The second kappa shape index (κ2) is 19.9. The van der Waals surface area contributed by atoms with Crippen LogP contribution in [0, 0.1) is 0 Å². The topological polar surface area (TPSA) is 40.6 Å². The van der Waals surface area contributed by atoms with Crippen LogP contribution in [-0.4, -0.2) is 23.7 Å². The average Bonchev–Trinajstić information content (AvgIpc) is 1.59. The van der Waals surface area contributed by atoms with Gasteiger partial charge in [-0.3, -0.25) is 0 Å². The standard InChI is InChI=1S/C88H61N5/c1-87(2)74-30-15-11-26-64(74)66-42-38-62(51-76(66)87)92-80-32-17-13-28-68(80)70-40-34-58(49-84(70)92)56-36-44-82-72(47-56)73-48-57(37-45-83(73)91(82)61-25-19-24-60(46-61)86-89-78(54-20-7-5-8-21-54)53-79(90-86)55-22-9-6-10-23-55)59-35-41-71-69-29-14-18-33-81(69)93(85(71)50-59)63-39-43-67-65-27-12-16-31-75(65)88(3,4)77(67)52-63/h5-53H,1-4H3. The van der Waals surface area contributed by atoms with E-state index >= 15 is 0 Å². The number of nitrogens with zero attached hydrogens (tertiary/aromatic N) is 5. The van der Waals surface area contributed by atoms with Gasteiger partial charge in [-0.05, 0) is 158 Å². The fourth-order valence-electron chi connectivity index (χ4n) is 16.1. The Hall–Kier alpha value is -11.7. The van der Waals surface area contributed by atoms with Crippen molar-refractivity contribution >= 4 is 65.4 Å². The predicted molar refractivity (Wildman–Crippen MR) is 387 cm³/mol. The number of hydrogen-bond acceptors (Lipinski definition) is 2. The summed E-state index contributed by atoms with van der Waals surface area (Å²) in [7, 11) is 0. The lowest BCUT2D eigenvalue weighted by molar-refractivity contribution is 0.660. The molecule has 93 heavy (non-hydrogen) atoms. The maximum atomic E-state index is 5.29. The zero-order valence-corrected chi connectivity index (χ0v) is 52.0. The quantitative estimate of drug-likeness (QED) is 0.152. The lowest BCUT2D eigenvalue weighted by Crippen LogP contribution is -2.15. The van der Waals surface area contributed by atoms with E-state index in [1.807, 2.05) is 12.1 Å². The molecule has 0 bridgehead atoms. The van der Waals surface area contributed by atoms with E-state index in [0.717, 1.165) is 67.1 Å². The molecule has 2 aliphatic carbocycles. The fraction of sp³-hybridized carbons (Fsp3) is 0.0682. The van der Waals surface area contributed by atoms with Crippen LogP contribution in [0.25, 0.3) is 161 Å². The van der Waals surface area contributed by atoms with Gasteiger partial charge in [0.15, 0.2) is 5.82 Å². The minimum atomic E-state index is -0.129. The van der Waals surface area contributed by atoms with E-state index in [1.165, 1.54) is 110 Å². The molecular formula is C88H61N5. The van der Waals surface area contributed by atoms with Gasteiger partial charge in [-0.1, -0.05) is 234 Å². The first kappa shape index (κ1) is 53.2. The monoisotopic (exact) mass is 1190 g/mol. The van der Waals surface area contributed by atoms with Crippen LogP contribution in [0.4, 0.5) is 0 Å². The Labute approximate surface area is 539 Å². The smallest absolute Gasteiger partial charge is 0.160 e. The Bertz CT molecular complexity index is 5650. The number of aromatic nitrogens is 5. The molecule has 0 atom stereocenters. The summed E-state index contributed by atoms with van der Waals surface area (Å²) < 4.78 is 7.41. The van der Waals surface area contributed by atoms with Gasteiger partial charge in [-0.25, -0.2) is 9.97 Å². The minimum absolute atomic E-state index is 0.129. The molecule has 2 aliphatic rings. The molecule has 4 heterocycles. The molecule has 0 saturated heterocycles. The zero-order valence-electron chi connectivity index (χ0n) is 52.0. The first-order valence-electron chi connectivity index (χ1n) is 32.4. The van der Waals surface area contributed by atoms with Gasteiger partial charge >= 0.3 is 0 Å². The van der Waals surface area contributed by atoms with Crippen molar-refractivity contribution in [2.75, 3.05) is 0 Å². The van der Waals surface area contributed by atoms with Gasteiger partial charge in [-0.15, -0.1) is 0 Å². The molecule has 0 unspecified atom stereocenters. The van der Waals surface area contributed by atoms with Gasteiger partial charge in [0.1, 0.15) is 0 Å². The van der Waals surface area contributed by atoms with Crippen molar-refractivity contribution in [3.05, 3.63) is 320 Å². The molecule has 0 saturated carbocycles. The normalized spacial score (nSPS) is 13.5. The molecule has 4 aromatic heterocycles. The molecule has 0 N–H and O–H groups in total. The molecule has 0 spiro atoms. The number of hydrogen-bond donors (Lipinski definition) is 0. The zero-order chi connectivity index (χ0) is 61.8. The van der Waals surface area contributed by atoms with Crippen LogP contribution in [0.1, 0.15) is 49.9 Å². The highest BCUT2D eigenvalue weighted by molar-refractivity contribution is 6.15. The molecule has 0 fully saturated rings. The van der Waals surface area contributed by atoms with Crippen LogP contribution < -0.4 is 0 Å². The van der Waals surface area contributed by atoms with Crippen LogP contribution in [0.2, 0.25) is 0 Å². The van der Waals surface area contributed by atoms with Crippen LogP contribution in [0.3, 0.4) is 0 Å². The third kappa shape index (κ3) is 7.99. The first-order chi connectivity index (χ1) is 45.6. The maximum Gasteiger partial charge on any atom is 0.160 e. The predicted octanol–water partition coefficient (Wildman–Crippen LogP) is 22.7. The molecule has 13 aromatic carbocycles. The van der Waals surface area contributed by atoms with E-state index in [0.29, 0.717) is 5.82 Å². The van der Waals surface area contributed by atoms with E-state index in [9.17, 15) is 0 Å². The Morgan fingerprint density at radius 2 is 0.602 bits per heavy atom. The van der Waals surface area contributed by atoms with Crippen molar-refractivity contribution in [2.45, 2.75) is 38.5 Å². The average molecular weight is 1190 g/mol. The van der Waals surface area contributed by atoms with Crippen molar-refractivity contribution in [2.24, 2.45) is 0 Å². The lowest BCUT2D eigenvalue weighted by atomic mass is 9.82. The summed E-state index contributed by atoms with van der Waals surface area (Å²) in [6, 6.07) is 110. The number of fused-ring (bicyclic) bond motifs is 15. The van der Waals surface area contributed by atoms with E-state index in [2.05, 4.69) is 327 Å². The summed E-state index contributed by atoms with van der Waals surface area (Å²) in [5, 5.41) is 7.28. The second-order valence-corrected chi connectivity index (χ2v) is 26.5. The minimum Gasteiger partial charge on any atom is -0.309 e. The third-order valence-corrected chi connectivity index (χ3v) is 20.7. The molecule has 5 heteroatoms. The molecule has 0 radical (unpaired) electrons. The number of benzene rings is 13. The highest BCUT2D eigenvalue weighted by atomic mass is 15.0. The summed E-state index contributed by atoms with van der Waals surface area (Å²) in [5.41, 5.74) is 30.2.